The van der Waals surface area contributed by atoms with E-state index in [2.05, 4.69) is 11.9 Å². The molecule has 0 aliphatic heterocycles. The van der Waals surface area contributed by atoms with Crippen molar-refractivity contribution in [2.75, 3.05) is 6.54 Å². The molecular formula is C11H12FNO. The van der Waals surface area contributed by atoms with Crippen LogP contribution in [0, 0.1) is 5.82 Å². The fourth-order valence-electron chi connectivity index (χ4n) is 1.09. The van der Waals surface area contributed by atoms with Crippen molar-refractivity contribution in [3.05, 3.63) is 48.3 Å². The highest BCUT2D eigenvalue weighted by Crippen LogP contribution is 2.03. The Kier molecular flexibility index (Phi) is 3.85. The van der Waals surface area contributed by atoms with Crippen molar-refractivity contribution in [1.82, 2.24) is 5.32 Å². The number of carbonyl (C=O) groups excluding carboxylic acids is 1. The number of hydrogen-bond acceptors (Lipinski definition) is 1. The summed E-state index contributed by atoms with van der Waals surface area (Å²) in [5, 5.41) is 2.62. The van der Waals surface area contributed by atoms with E-state index < -0.39 is 0 Å². The van der Waals surface area contributed by atoms with E-state index in [4.69, 9.17) is 0 Å². The second kappa shape index (κ2) is 5.17. The summed E-state index contributed by atoms with van der Waals surface area (Å²) in [6.45, 7) is 3.82. The normalized spacial score (nSPS) is 9.50. The van der Waals surface area contributed by atoms with Crippen LogP contribution >= 0.6 is 0 Å². The van der Waals surface area contributed by atoms with Crippen LogP contribution in [0.4, 0.5) is 4.39 Å². The molecule has 1 aromatic rings. The van der Waals surface area contributed by atoms with Gasteiger partial charge in [-0.3, -0.25) is 4.79 Å². The topological polar surface area (TPSA) is 29.1 Å². The Morgan fingerprint density at radius 2 is 2.36 bits per heavy atom. The van der Waals surface area contributed by atoms with Crippen LogP contribution in [0.25, 0.3) is 0 Å². The Morgan fingerprint density at radius 1 is 1.57 bits per heavy atom. The van der Waals surface area contributed by atoms with Crippen molar-refractivity contribution in [3.8, 4) is 0 Å². The number of halogens is 1. The summed E-state index contributed by atoms with van der Waals surface area (Å²) in [4.78, 5) is 10.8. The number of hydrogen-bond donors (Lipinski definition) is 1. The molecule has 3 heteroatoms. The van der Waals surface area contributed by atoms with Gasteiger partial charge in [-0.2, -0.15) is 0 Å². The van der Waals surface area contributed by atoms with Gasteiger partial charge in [0.15, 0.2) is 0 Å². The Balaban J connectivity index is 2.38. The fraction of sp³-hybridized carbons (Fsp3) is 0.182. The maximum absolute atomic E-state index is 12.7. The highest BCUT2D eigenvalue weighted by molar-refractivity contribution is 5.86. The van der Waals surface area contributed by atoms with E-state index in [0.717, 1.165) is 5.56 Å². The van der Waals surface area contributed by atoms with Gasteiger partial charge in [-0.15, -0.1) is 0 Å². The molecule has 0 atom stereocenters. The minimum absolute atomic E-state index is 0.207. The van der Waals surface area contributed by atoms with E-state index in [-0.39, 0.29) is 11.7 Å². The molecule has 0 aliphatic rings. The van der Waals surface area contributed by atoms with Crippen molar-refractivity contribution in [2.24, 2.45) is 0 Å². The van der Waals surface area contributed by atoms with Crippen LogP contribution in [0.15, 0.2) is 36.9 Å². The summed E-state index contributed by atoms with van der Waals surface area (Å²) in [5.41, 5.74) is 0.870. The second-order valence-electron chi connectivity index (χ2n) is 2.88. The number of carbonyl (C=O) groups is 1. The first kappa shape index (κ1) is 10.4. The highest BCUT2D eigenvalue weighted by atomic mass is 19.1. The van der Waals surface area contributed by atoms with E-state index in [9.17, 15) is 9.18 Å². The lowest BCUT2D eigenvalue weighted by Gasteiger charge is -2.02. The number of rotatable bonds is 4. The maximum Gasteiger partial charge on any atom is 0.243 e. The lowest BCUT2D eigenvalue weighted by atomic mass is 10.1. The van der Waals surface area contributed by atoms with Crippen LogP contribution in [0.5, 0.6) is 0 Å². The number of amides is 1. The zero-order chi connectivity index (χ0) is 10.4. The van der Waals surface area contributed by atoms with Gasteiger partial charge in [0.2, 0.25) is 5.91 Å². The summed E-state index contributed by atoms with van der Waals surface area (Å²) in [6, 6.07) is 6.33. The predicted molar refractivity (Wildman–Crippen MR) is 53.3 cm³/mol. The van der Waals surface area contributed by atoms with Gasteiger partial charge < -0.3 is 5.32 Å². The fourth-order valence-corrected chi connectivity index (χ4v) is 1.09. The summed E-state index contributed by atoms with van der Waals surface area (Å²) >= 11 is 0. The number of benzene rings is 1. The van der Waals surface area contributed by atoms with Gasteiger partial charge in [0.05, 0.1) is 0 Å². The predicted octanol–water partition coefficient (Wildman–Crippen LogP) is 1.67. The zero-order valence-corrected chi connectivity index (χ0v) is 7.79. The van der Waals surface area contributed by atoms with Crippen molar-refractivity contribution in [2.45, 2.75) is 6.42 Å². The monoisotopic (exact) mass is 193 g/mol. The number of nitrogens with one attached hydrogen (secondary N) is 1. The van der Waals surface area contributed by atoms with Crippen molar-refractivity contribution in [1.29, 1.82) is 0 Å². The molecule has 0 saturated carbocycles. The van der Waals surface area contributed by atoms with Crippen molar-refractivity contribution in [3.63, 3.8) is 0 Å². The Bertz CT molecular complexity index is 336. The van der Waals surface area contributed by atoms with Gasteiger partial charge in [-0.1, -0.05) is 18.7 Å². The minimum Gasteiger partial charge on any atom is -0.352 e. The van der Waals surface area contributed by atoms with E-state index in [1.165, 1.54) is 18.2 Å². The second-order valence-corrected chi connectivity index (χ2v) is 2.88. The molecule has 0 aromatic heterocycles. The van der Waals surface area contributed by atoms with Crippen LogP contribution in [-0.4, -0.2) is 12.5 Å². The first-order valence-corrected chi connectivity index (χ1v) is 4.37. The molecule has 0 aliphatic carbocycles. The molecule has 0 bridgehead atoms. The smallest absolute Gasteiger partial charge is 0.243 e. The van der Waals surface area contributed by atoms with Crippen LogP contribution in [0.3, 0.4) is 0 Å². The Hall–Kier alpha value is -1.64. The lowest BCUT2D eigenvalue weighted by molar-refractivity contribution is -0.116. The third-order valence-corrected chi connectivity index (χ3v) is 1.79. The standard InChI is InChI=1S/C11H12FNO/c1-2-11(14)13-7-6-9-4-3-5-10(12)8-9/h2-5,8H,1,6-7H2,(H,13,14). The minimum atomic E-state index is -0.252. The third-order valence-electron chi connectivity index (χ3n) is 1.79. The van der Waals surface area contributed by atoms with E-state index in [1.54, 1.807) is 6.07 Å². The van der Waals surface area contributed by atoms with Gasteiger partial charge in [0, 0.05) is 6.54 Å². The quantitative estimate of drug-likeness (QED) is 0.724. The zero-order valence-electron chi connectivity index (χ0n) is 7.79. The molecule has 0 spiro atoms. The molecule has 2 nitrogen and oxygen atoms in total. The summed E-state index contributed by atoms with van der Waals surface area (Å²) in [5.74, 6) is -0.459. The maximum atomic E-state index is 12.7. The van der Waals surface area contributed by atoms with Gasteiger partial charge >= 0.3 is 0 Å². The van der Waals surface area contributed by atoms with Crippen molar-refractivity contribution < 1.29 is 9.18 Å². The van der Waals surface area contributed by atoms with Crippen LogP contribution in [0.1, 0.15) is 5.56 Å². The molecule has 0 heterocycles. The summed E-state index contributed by atoms with van der Waals surface area (Å²) in [6.07, 6.45) is 1.84. The molecule has 0 unspecified atom stereocenters. The van der Waals surface area contributed by atoms with Crippen LogP contribution in [0.2, 0.25) is 0 Å². The molecule has 1 amide bonds. The Labute approximate surface area is 82.4 Å². The van der Waals surface area contributed by atoms with E-state index in [0.29, 0.717) is 13.0 Å². The molecule has 1 aromatic carbocycles. The molecule has 0 fully saturated rings. The van der Waals surface area contributed by atoms with Gasteiger partial charge in [0.25, 0.3) is 0 Å². The molecule has 1 N–H and O–H groups in total. The van der Waals surface area contributed by atoms with Crippen molar-refractivity contribution >= 4 is 5.91 Å². The van der Waals surface area contributed by atoms with Gasteiger partial charge in [-0.05, 0) is 30.2 Å². The van der Waals surface area contributed by atoms with Gasteiger partial charge in [-0.25, -0.2) is 4.39 Å². The average molecular weight is 193 g/mol. The molecule has 74 valence electrons. The first-order valence-electron chi connectivity index (χ1n) is 4.37. The Morgan fingerprint density at radius 3 is 3.00 bits per heavy atom. The average Bonchev–Trinajstić information content (AvgIpc) is 2.17. The molecule has 14 heavy (non-hydrogen) atoms. The summed E-state index contributed by atoms with van der Waals surface area (Å²) in [7, 11) is 0. The van der Waals surface area contributed by atoms with E-state index >= 15 is 0 Å². The van der Waals surface area contributed by atoms with E-state index in [1.807, 2.05) is 6.07 Å². The molecule has 1 rings (SSSR count). The molecule has 0 saturated heterocycles. The SMILES string of the molecule is C=CC(=O)NCCc1cccc(F)c1. The van der Waals surface area contributed by atoms with Gasteiger partial charge in [0.1, 0.15) is 5.82 Å². The summed E-state index contributed by atoms with van der Waals surface area (Å²) < 4.78 is 12.7. The largest absolute Gasteiger partial charge is 0.352 e. The lowest BCUT2D eigenvalue weighted by Crippen LogP contribution is -2.23. The highest BCUT2D eigenvalue weighted by Gasteiger charge is 1.96. The first-order chi connectivity index (χ1) is 6.72. The molecule has 0 radical (unpaired) electrons. The van der Waals surface area contributed by atoms with Crippen LogP contribution < -0.4 is 5.32 Å². The van der Waals surface area contributed by atoms with Crippen LogP contribution in [-0.2, 0) is 11.2 Å². The third kappa shape index (κ3) is 3.39. The molecular weight excluding hydrogens is 181 g/mol.